The number of aromatic nitrogens is 3. The molecule has 0 spiro atoms. The fourth-order valence-corrected chi connectivity index (χ4v) is 5.32. The summed E-state index contributed by atoms with van der Waals surface area (Å²) in [5.41, 5.74) is 2.95. The lowest BCUT2D eigenvalue weighted by Crippen LogP contribution is -2.41. The number of anilines is 1. The van der Waals surface area contributed by atoms with Crippen LogP contribution in [0.2, 0.25) is 0 Å². The third-order valence-electron chi connectivity index (χ3n) is 6.63. The summed E-state index contributed by atoms with van der Waals surface area (Å²) in [6.45, 7) is 6.18. The Morgan fingerprint density at radius 1 is 1.16 bits per heavy atom. The molecule has 0 aromatic carbocycles. The largest absolute Gasteiger partial charge is 0.342 e. The Morgan fingerprint density at radius 3 is 2.74 bits per heavy atom. The molecule has 31 heavy (non-hydrogen) atoms. The molecular formula is C23H29N5O2S. The van der Waals surface area contributed by atoms with E-state index in [0.717, 1.165) is 66.0 Å². The second kappa shape index (κ2) is 8.30. The molecule has 2 fully saturated rings. The smallest absolute Gasteiger partial charge is 0.228 e. The highest BCUT2D eigenvalue weighted by Crippen LogP contribution is 2.36. The number of carbonyl (C=O) groups is 2. The number of thiazole rings is 1. The third kappa shape index (κ3) is 4.35. The van der Waals surface area contributed by atoms with Gasteiger partial charge in [0.25, 0.3) is 0 Å². The molecule has 164 valence electrons. The normalized spacial score (nSPS) is 21.4. The van der Waals surface area contributed by atoms with E-state index in [9.17, 15) is 9.59 Å². The Morgan fingerprint density at radius 2 is 2.00 bits per heavy atom. The van der Waals surface area contributed by atoms with Gasteiger partial charge in [0.05, 0.1) is 17.1 Å². The van der Waals surface area contributed by atoms with Crippen molar-refractivity contribution in [2.24, 2.45) is 5.92 Å². The number of nitrogens with zero attached hydrogens (tertiary/aromatic N) is 5. The van der Waals surface area contributed by atoms with Gasteiger partial charge in [0.1, 0.15) is 11.6 Å². The average molecular weight is 440 g/mol. The highest BCUT2D eigenvalue weighted by atomic mass is 32.1. The van der Waals surface area contributed by atoms with Gasteiger partial charge in [0, 0.05) is 48.6 Å². The number of piperidine rings is 1. The van der Waals surface area contributed by atoms with Crippen molar-refractivity contribution >= 4 is 29.0 Å². The summed E-state index contributed by atoms with van der Waals surface area (Å²) in [5.74, 6) is 2.64. The molecule has 2 amide bonds. The second-order valence-electron chi connectivity index (χ2n) is 9.13. The van der Waals surface area contributed by atoms with E-state index in [1.54, 1.807) is 11.3 Å². The lowest BCUT2D eigenvalue weighted by molar-refractivity contribution is -0.131. The third-order valence-corrected chi connectivity index (χ3v) is 7.45. The molecule has 1 saturated carbocycles. The summed E-state index contributed by atoms with van der Waals surface area (Å²) in [6.07, 6.45) is 5.94. The number of carbonyl (C=O) groups excluding carboxylic acids is 2. The molecule has 4 heterocycles. The standard InChI is InChI=1S/C23H29N5O2S/c1-14-19-7-8-20(29)28(11-16-5-6-16)23(19)26-22(24-14)17-4-3-9-27(12-17)21(30)10-18-13-31-15(2)25-18/h13,16-17H,3-12H2,1-2H3/t17-/m1/s1. The maximum absolute atomic E-state index is 12.9. The zero-order valence-corrected chi connectivity index (χ0v) is 19.1. The van der Waals surface area contributed by atoms with Crippen LogP contribution in [-0.4, -0.2) is 51.3 Å². The first-order valence-electron chi connectivity index (χ1n) is 11.3. The number of hydrogen-bond donors (Lipinski definition) is 0. The van der Waals surface area contributed by atoms with Crippen LogP contribution in [0, 0.1) is 19.8 Å². The zero-order chi connectivity index (χ0) is 21.5. The van der Waals surface area contributed by atoms with Gasteiger partial charge < -0.3 is 4.90 Å². The van der Waals surface area contributed by atoms with E-state index in [2.05, 4.69) is 4.98 Å². The highest BCUT2D eigenvalue weighted by molar-refractivity contribution is 7.09. The van der Waals surface area contributed by atoms with Gasteiger partial charge in [-0.1, -0.05) is 0 Å². The molecule has 1 atom stereocenters. The van der Waals surface area contributed by atoms with Crippen molar-refractivity contribution in [3.8, 4) is 0 Å². The number of fused-ring (bicyclic) bond motifs is 1. The molecule has 1 aliphatic carbocycles. The van der Waals surface area contributed by atoms with Crippen molar-refractivity contribution in [3.63, 3.8) is 0 Å². The number of aryl methyl sites for hydroxylation is 2. The van der Waals surface area contributed by atoms with Crippen molar-refractivity contribution in [1.29, 1.82) is 0 Å². The van der Waals surface area contributed by atoms with Crippen molar-refractivity contribution in [2.75, 3.05) is 24.5 Å². The van der Waals surface area contributed by atoms with E-state index in [1.165, 1.54) is 12.8 Å². The van der Waals surface area contributed by atoms with Crippen LogP contribution >= 0.6 is 11.3 Å². The van der Waals surface area contributed by atoms with Crippen molar-refractivity contribution in [2.45, 2.75) is 64.7 Å². The van der Waals surface area contributed by atoms with Gasteiger partial charge in [-0.3, -0.25) is 14.5 Å². The first kappa shape index (κ1) is 20.5. The van der Waals surface area contributed by atoms with Gasteiger partial charge in [-0.15, -0.1) is 11.3 Å². The Bertz CT molecular complexity index is 1020. The van der Waals surface area contributed by atoms with Gasteiger partial charge in [-0.05, 0) is 51.9 Å². The Kier molecular flexibility index (Phi) is 5.50. The number of hydrogen-bond acceptors (Lipinski definition) is 6. The average Bonchev–Trinajstić information content (AvgIpc) is 3.49. The van der Waals surface area contributed by atoms with Crippen LogP contribution in [0.4, 0.5) is 5.82 Å². The summed E-state index contributed by atoms with van der Waals surface area (Å²) in [6, 6.07) is 0. The minimum Gasteiger partial charge on any atom is -0.342 e. The maximum atomic E-state index is 12.9. The molecule has 5 rings (SSSR count). The first-order valence-corrected chi connectivity index (χ1v) is 12.2. The Balaban J connectivity index is 1.35. The zero-order valence-electron chi connectivity index (χ0n) is 18.3. The molecular weight excluding hydrogens is 410 g/mol. The molecule has 8 heteroatoms. The van der Waals surface area contributed by atoms with E-state index in [4.69, 9.17) is 9.97 Å². The van der Waals surface area contributed by atoms with Crippen LogP contribution in [0.5, 0.6) is 0 Å². The lowest BCUT2D eigenvalue weighted by Gasteiger charge is -2.34. The number of rotatable bonds is 5. The SMILES string of the molecule is Cc1nc(CC(=O)N2CCC[C@@H](c3nc(C)c4c(n3)N(CC3CC3)C(=O)CC4)C2)cs1. The highest BCUT2D eigenvalue weighted by Gasteiger charge is 2.34. The van der Waals surface area contributed by atoms with E-state index in [0.29, 0.717) is 25.3 Å². The van der Waals surface area contributed by atoms with E-state index in [1.807, 2.05) is 29.0 Å². The van der Waals surface area contributed by atoms with E-state index < -0.39 is 0 Å². The number of likely N-dealkylation sites (tertiary alicyclic amines) is 1. The van der Waals surface area contributed by atoms with Crippen LogP contribution in [0.3, 0.4) is 0 Å². The van der Waals surface area contributed by atoms with E-state index in [-0.39, 0.29) is 17.7 Å². The fraction of sp³-hybridized carbons (Fsp3) is 0.609. The quantitative estimate of drug-likeness (QED) is 0.715. The molecule has 0 N–H and O–H groups in total. The molecule has 1 saturated heterocycles. The summed E-state index contributed by atoms with van der Waals surface area (Å²) in [5, 5.41) is 2.96. The predicted octanol–water partition coefficient (Wildman–Crippen LogP) is 3.19. The van der Waals surface area contributed by atoms with Crippen LogP contribution in [-0.2, 0) is 22.4 Å². The molecule has 0 radical (unpaired) electrons. The van der Waals surface area contributed by atoms with E-state index >= 15 is 0 Å². The molecule has 2 aliphatic heterocycles. The molecule has 0 unspecified atom stereocenters. The predicted molar refractivity (Wildman–Crippen MR) is 119 cm³/mol. The fourth-order valence-electron chi connectivity index (χ4n) is 4.70. The van der Waals surface area contributed by atoms with Crippen LogP contribution in [0.1, 0.15) is 65.8 Å². The first-order chi connectivity index (χ1) is 15.0. The topological polar surface area (TPSA) is 79.3 Å². The maximum Gasteiger partial charge on any atom is 0.228 e. The summed E-state index contributed by atoms with van der Waals surface area (Å²) in [4.78, 5) is 43.6. The van der Waals surface area contributed by atoms with Gasteiger partial charge in [-0.25, -0.2) is 15.0 Å². The second-order valence-corrected chi connectivity index (χ2v) is 10.2. The van der Waals surface area contributed by atoms with Gasteiger partial charge in [-0.2, -0.15) is 0 Å². The molecule has 0 bridgehead atoms. The summed E-state index contributed by atoms with van der Waals surface area (Å²) < 4.78 is 0. The lowest BCUT2D eigenvalue weighted by atomic mass is 9.95. The Hall–Kier alpha value is -2.35. The van der Waals surface area contributed by atoms with Crippen LogP contribution in [0.25, 0.3) is 0 Å². The van der Waals surface area contributed by atoms with Crippen LogP contribution < -0.4 is 4.90 Å². The molecule has 2 aromatic heterocycles. The van der Waals surface area contributed by atoms with Crippen molar-refractivity contribution in [1.82, 2.24) is 19.9 Å². The molecule has 7 nitrogen and oxygen atoms in total. The Labute approximate surface area is 186 Å². The summed E-state index contributed by atoms with van der Waals surface area (Å²) >= 11 is 1.58. The minimum atomic E-state index is 0.110. The van der Waals surface area contributed by atoms with Crippen molar-refractivity contribution < 1.29 is 9.59 Å². The van der Waals surface area contributed by atoms with Crippen LogP contribution in [0.15, 0.2) is 5.38 Å². The minimum absolute atomic E-state index is 0.110. The van der Waals surface area contributed by atoms with Gasteiger partial charge >= 0.3 is 0 Å². The number of amides is 2. The summed E-state index contributed by atoms with van der Waals surface area (Å²) in [7, 11) is 0. The van der Waals surface area contributed by atoms with Gasteiger partial charge in [0.15, 0.2) is 0 Å². The monoisotopic (exact) mass is 439 g/mol. The molecule has 3 aliphatic rings. The molecule has 2 aromatic rings. The van der Waals surface area contributed by atoms with Crippen molar-refractivity contribution in [3.05, 3.63) is 33.2 Å². The van der Waals surface area contributed by atoms with Gasteiger partial charge in [0.2, 0.25) is 11.8 Å².